The van der Waals surface area contributed by atoms with E-state index in [1.165, 1.54) is 0 Å². The van der Waals surface area contributed by atoms with E-state index in [0.717, 1.165) is 35.6 Å². The Morgan fingerprint density at radius 2 is 2.02 bits per heavy atom. The van der Waals surface area contributed by atoms with Gasteiger partial charge in [-0.15, -0.1) is 11.3 Å². The van der Waals surface area contributed by atoms with Crippen LogP contribution in [0.2, 0.25) is 0 Å². The van der Waals surface area contributed by atoms with Crippen molar-refractivity contribution >= 4 is 34.6 Å². The van der Waals surface area contributed by atoms with Crippen LogP contribution in [0.1, 0.15) is 49.5 Å². The quantitative estimate of drug-likeness (QED) is 0.304. The van der Waals surface area contributed by atoms with Gasteiger partial charge in [0.2, 0.25) is 11.8 Å². The van der Waals surface area contributed by atoms with Gasteiger partial charge in [0.25, 0.3) is 0 Å². The molecule has 0 bridgehead atoms. The summed E-state index contributed by atoms with van der Waals surface area (Å²) in [5.41, 5.74) is 9.93. The lowest BCUT2D eigenvalue weighted by atomic mass is 9.97. The number of carbonyl (C=O) groups is 2. The Labute approximate surface area is 238 Å². The number of fused-ring (bicyclic) bond motifs is 1. The van der Waals surface area contributed by atoms with E-state index in [-0.39, 0.29) is 18.0 Å². The molecule has 0 aromatic carbocycles. The summed E-state index contributed by atoms with van der Waals surface area (Å²) in [6.45, 7) is 8.83. The molecule has 2 amide bonds. The van der Waals surface area contributed by atoms with Crippen LogP contribution in [0.3, 0.4) is 0 Å². The Morgan fingerprint density at radius 3 is 2.70 bits per heavy atom. The minimum absolute atomic E-state index is 0.0636. The maximum atomic E-state index is 13.0. The molecule has 40 heavy (non-hydrogen) atoms. The number of nitrogens with zero attached hydrogens (tertiary/aromatic N) is 6. The van der Waals surface area contributed by atoms with Crippen molar-refractivity contribution in [3.05, 3.63) is 53.2 Å². The first-order chi connectivity index (χ1) is 19.4. The van der Waals surface area contributed by atoms with E-state index in [4.69, 9.17) is 15.7 Å². The number of primary amides is 1. The predicted octanol–water partition coefficient (Wildman–Crippen LogP) is 3.61. The highest BCUT2D eigenvalue weighted by Gasteiger charge is 2.34. The smallest absolute Gasteiger partial charge is 0.249 e. The molecule has 5 rings (SSSR count). The van der Waals surface area contributed by atoms with E-state index in [9.17, 15) is 9.59 Å². The molecular weight excluding hydrogens is 524 g/mol. The molecule has 11 heteroatoms. The van der Waals surface area contributed by atoms with Crippen molar-refractivity contribution < 1.29 is 9.59 Å². The fraction of sp³-hybridized carbons (Fsp3) is 0.414. The van der Waals surface area contributed by atoms with Crippen molar-refractivity contribution in [3.63, 3.8) is 0 Å². The molecule has 5 heterocycles. The van der Waals surface area contributed by atoms with E-state index in [1.54, 1.807) is 35.2 Å². The van der Waals surface area contributed by atoms with E-state index < -0.39 is 5.91 Å². The van der Waals surface area contributed by atoms with E-state index in [1.807, 2.05) is 34.7 Å². The number of amides is 2. The first kappa shape index (κ1) is 27.7. The molecule has 1 fully saturated rings. The zero-order valence-corrected chi connectivity index (χ0v) is 24.2. The topological polar surface area (TPSA) is 122 Å². The molecule has 0 unspecified atom stereocenters. The molecule has 1 aliphatic rings. The second-order valence-electron chi connectivity index (χ2n) is 10.1. The Hall–Kier alpha value is -3.83. The lowest BCUT2D eigenvalue weighted by Gasteiger charge is -2.31. The number of hydrogen-bond donors (Lipinski definition) is 2. The maximum absolute atomic E-state index is 13.0. The van der Waals surface area contributed by atoms with Gasteiger partial charge >= 0.3 is 0 Å². The summed E-state index contributed by atoms with van der Waals surface area (Å²) < 4.78 is 1.71. The highest BCUT2D eigenvalue weighted by Crippen LogP contribution is 2.35. The lowest BCUT2D eigenvalue weighted by Crippen LogP contribution is -2.43. The van der Waals surface area contributed by atoms with E-state index in [2.05, 4.69) is 36.1 Å². The average Bonchev–Trinajstić information content (AvgIpc) is 3.74. The van der Waals surface area contributed by atoms with Crippen molar-refractivity contribution in [2.45, 2.75) is 52.1 Å². The zero-order chi connectivity index (χ0) is 28.4. The average molecular weight is 561 g/mol. The Kier molecular flexibility index (Phi) is 8.13. The summed E-state index contributed by atoms with van der Waals surface area (Å²) in [7, 11) is 1.65. The van der Waals surface area contributed by atoms with Gasteiger partial charge in [0.05, 0.1) is 28.0 Å². The van der Waals surface area contributed by atoms with Gasteiger partial charge in [-0.1, -0.05) is 19.9 Å². The second kappa shape index (κ2) is 11.7. The minimum Gasteiger partial charge on any atom is -0.366 e. The van der Waals surface area contributed by atoms with Gasteiger partial charge in [0, 0.05) is 37.0 Å². The largest absolute Gasteiger partial charge is 0.366 e. The molecule has 2 atom stereocenters. The van der Waals surface area contributed by atoms with Crippen LogP contribution < -0.4 is 16.0 Å². The van der Waals surface area contributed by atoms with Gasteiger partial charge in [0.1, 0.15) is 11.9 Å². The van der Waals surface area contributed by atoms with Gasteiger partial charge in [-0.3, -0.25) is 9.59 Å². The maximum Gasteiger partial charge on any atom is 0.249 e. The molecule has 0 spiro atoms. The minimum atomic E-state index is -0.522. The second-order valence-corrected chi connectivity index (χ2v) is 11.0. The Bertz CT molecular complexity index is 1510. The monoisotopic (exact) mass is 560 g/mol. The molecule has 4 aromatic rings. The number of anilines is 1. The number of nitrogens with two attached hydrogens (primary N) is 1. The first-order valence-electron chi connectivity index (χ1n) is 13.8. The number of nitrogens with one attached hydrogen (secondary N) is 1. The van der Waals surface area contributed by atoms with Gasteiger partial charge < -0.3 is 20.9 Å². The molecule has 0 aliphatic carbocycles. The van der Waals surface area contributed by atoms with E-state index >= 15 is 0 Å². The molecule has 1 aliphatic heterocycles. The normalized spacial score (nSPS) is 16.1. The number of pyridine rings is 1. The van der Waals surface area contributed by atoms with Crippen molar-refractivity contribution in [1.82, 2.24) is 29.8 Å². The highest BCUT2D eigenvalue weighted by molar-refractivity contribution is 7.13. The third-order valence-electron chi connectivity index (χ3n) is 7.80. The van der Waals surface area contributed by atoms with Crippen LogP contribution >= 0.6 is 11.3 Å². The Morgan fingerprint density at radius 1 is 1.23 bits per heavy atom. The summed E-state index contributed by atoms with van der Waals surface area (Å²) in [5.74, 6) is 0.0440. The van der Waals surface area contributed by atoms with Gasteiger partial charge in [-0.05, 0) is 62.9 Å². The lowest BCUT2D eigenvalue weighted by molar-refractivity contribution is -0.121. The van der Waals surface area contributed by atoms with Crippen molar-refractivity contribution in [2.24, 2.45) is 5.73 Å². The van der Waals surface area contributed by atoms with Crippen LogP contribution in [0.25, 0.3) is 27.5 Å². The number of aromatic nitrogens is 4. The highest BCUT2D eigenvalue weighted by atomic mass is 32.1. The van der Waals surface area contributed by atoms with Crippen molar-refractivity contribution in [2.75, 3.05) is 31.6 Å². The van der Waals surface area contributed by atoms with Crippen LogP contribution in [0.5, 0.6) is 0 Å². The summed E-state index contributed by atoms with van der Waals surface area (Å²) in [6.07, 6.45) is 5.73. The molecular formula is C29H36N8O2S. The summed E-state index contributed by atoms with van der Waals surface area (Å²) in [6, 6.07) is 7.49. The SMILES string of the molecule is CCN(CC)[C@@H](C)Cc1c(C(N)=O)cc(-c2cnn3ccc(-c4cccs4)nc23)nc1N1CCC[C@@H]1C(=O)NC. The number of carbonyl (C=O) groups excluding carboxylic acids is 2. The predicted molar refractivity (Wildman–Crippen MR) is 159 cm³/mol. The molecule has 3 N–H and O–H groups in total. The molecule has 10 nitrogen and oxygen atoms in total. The van der Waals surface area contributed by atoms with Gasteiger partial charge in [-0.25, -0.2) is 14.5 Å². The standard InChI is InChI=1S/C29H36N8O2S/c1-5-35(6-2)18(3)15-20-19(26(30)38)16-23(34-27(20)36-12-7-9-24(36)29(39)31-4)21-17-32-37-13-11-22(33-28(21)37)25-10-8-14-40-25/h8,10-11,13-14,16-18,24H,5-7,9,12,15H2,1-4H3,(H2,30,38)(H,31,39)/t18-,24+/m0/s1. The van der Waals surface area contributed by atoms with Crippen LogP contribution in [0.15, 0.2) is 42.0 Å². The van der Waals surface area contributed by atoms with Crippen molar-refractivity contribution in [1.29, 1.82) is 0 Å². The van der Waals surface area contributed by atoms with Crippen molar-refractivity contribution in [3.8, 4) is 21.8 Å². The third-order valence-corrected chi connectivity index (χ3v) is 8.69. The Balaban J connectivity index is 1.70. The number of likely N-dealkylation sites (N-methyl/N-ethyl adjacent to an activating group) is 2. The number of thiophene rings is 1. The molecule has 1 saturated heterocycles. The van der Waals surface area contributed by atoms with E-state index in [0.29, 0.717) is 47.7 Å². The molecule has 0 radical (unpaired) electrons. The van der Waals surface area contributed by atoms with Gasteiger partial charge in [-0.2, -0.15) is 5.10 Å². The van der Waals surface area contributed by atoms with Gasteiger partial charge in [0.15, 0.2) is 5.65 Å². The summed E-state index contributed by atoms with van der Waals surface area (Å²) >= 11 is 1.62. The van der Waals surface area contributed by atoms with Crippen LogP contribution in [0.4, 0.5) is 5.82 Å². The number of hydrogen-bond acceptors (Lipinski definition) is 8. The number of rotatable bonds is 10. The third kappa shape index (κ3) is 5.18. The summed E-state index contributed by atoms with van der Waals surface area (Å²) in [5, 5.41) is 9.32. The van der Waals surface area contributed by atoms with Crippen LogP contribution in [-0.2, 0) is 11.2 Å². The summed E-state index contributed by atoms with van der Waals surface area (Å²) in [4.78, 5) is 41.3. The molecule has 0 saturated carbocycles. The molecule has 4 aromatic heterocycles. The zero-order valence-electron chi connectivity index (χ0n) is 23.4. The fourth-order valence-corrected chi connectivity index (χ4v) is 6.39. The van der Waals surface area contributed by atoms with Crippen LogP contribution in [0, 0.1) is 0 Å². The molecule has 210 valence electrons. The fourth-order valence-electron chi connectivity index (χ4n) is 5.70. The first-order valence-corrected chi connectivity index (χ1v) is 14.7. The van der Waals surface area contributed by atoms with Crippen LogP contribution in [-0.4, -0.2) is 75.1 Å².